The number of Topliss-reactive ketones (excluding diaryl/α,β-unsaturated/α-hetero) is 1. The summed E-state index contributed by atoms with van der Waals surface area (Å²) in [5.74, 6) is -1.09. The van der Waals surface area contributed by atoms with Crippen molar-refractivity contribution in [3.05, 3.63) is 77.5 Å². The summed E-state index contributed by atoms with van der Waals surface area (Å²) in [7, 11) is 1.77. The van der Waals surface area contributed by atoms with Crippen LogP contribution < -0.4 is 5.32 Å². The largest absolute Gasteiger partial charge is 0.454 e. The van der Waals surface area contributed by atoms with Crippen LogP contribution in [-0.4, -0.2) is 39.0 Å². The minimum absolute atomic E-state index is 0.114. The van der Waals surface area contributed by atoms with E-state index in [0.29, 0.717) is 45.7 Å². The molecule has 0 radical (unpaired) electrons. The molecule has 0 aliphatic carbocycles. The molecule has 0 unspecified atom stereocenters. The van der Waals surface area contributed by atoms with E-state index in [9.17, 15) is 14.4 Å². The van der Waals surface area contributed by atoms with Crippen molar-refractivity contribution in [1.29, 1.82) is 0 Å². The summed E-state index contributed by atoms with van der Waals surface area (Å²) in [6.07, 6.45) is 0.362. The molecule has 4 aromatic rings. The number of hydrogen-bond donors (Lipinski definition) is 1. The first-order valence-electron chi connectivity index (χ1n) is 10.9. The maximum absolute atomic E-state index is 13.1. The molecule has 0 bridgehead atoms. The highest BCUT2D eigenvalue weighted by atomic mass is 16.5. The maximum atomic E-state index is 13.1. The van der Waals surface area contributed by atoms with E-state index >= 15 is 0 Å². The van der Waals surface area contributed by atoms with E-state index in [0.717, 1.165) is 5.56 Å². The number of amides is 1. The van der Waals surface area contributed by atoms with Crippen molar-refractivity contribution in [3.63, 3.8) is 0 Å². The zero-order valence-corrected chi connectivity index (χ0v) is 19.2. The predicted octanol–water partition coefficient (Wildman–Crippen LogP) is 4.33. The molecule has 2 aromatic carbocycles. The summed E-state index contributed by atoms with van der Waals surface area (Å²) >= 11 is 0. The lowest BCUT2D eigenvalue weighted by molar-refractivity contribution is -0.115. The highest BCUT2D eigenvalue weighted by Gasteiger charge is 2.21. The molecule has 1 amide bonds. The second-order valence-electron chi connectivity index (χ2n) is 7.81. The van der Waals surface area contributed by atoms with Crippen molar-refractivity contribution >= 4 is 34.4 Å². The number of benzene rings is 2. The molecule has 0 aliphatic heterocycles. The molecule has 0 fully saturated rings. The lowest BCUT2D eigenvalue weighted by Gasteiger charge is -2.09. The highest BCUT2D eigenvalue weighted by molar-refractivity contribution is 6.06. The number of ether oxygens (including phenoxy) is 1. The number of nitrogens with one attached hydrogen (secondary N) is 1. The molecule has 1 N–H and O–H groups in total. The average molecular weight is 457 g/mol. The third-order valence-corrected chi connectivity index (χ3v) is 5.40. The quantitative estimate of drug-likeness (QED) is 0.328. The van der Waals surface area contributed by atoms with E-state index < -0.39 is 12.6 Å². The Labute approximate surface area is 196 Å². The number of fused-ring (bicyclic) bond motifs is 1. The maximum Gasteiger partial charge on any atom is 0.339 e. The minimum atomic E-state index is -0.624. The zero-order valence-electron chi connectivity index (χ0n) is 19.2. The summed E-state index contributed by atoms with van der Waals surface area (Å²) in [5.41, 5.74) is 3.95. The summed E-state index contributed by atoms with van der Waals surface area (Å²) in [5, 5.41) is 7.71. The smallest absolute Gasteiger partial charge is 0.339 e. The molecule has 34 heavy (non-hydrogen) atoms. The molecule has 172 valence electrons. The number of esters is 1. The van der Waals surface area contributed by atoms with Crippen LogP contribution in [0.1, 0.15) is 39.8 Å². The minimum Gasteiger partial charge on any atom is -0.454 e. The van der Waals surface area contributed by atoms with E-state index in [1.807, 2.05) is 30.3 Å². The third kappa shape index (κ3) is 4.71. The number of nitrogens with zero attached hydrogens (tertiary/aromatic N) is 3. The Morgan fingerprint density at radius 3 is 2.41 bits per heavy atom. The number of hydrogen-bond acceptors (Lipinski definition) is 6. The molecular formula is C26H24N4O4. The van der Waals surface area contributed by atoms with E-state index in [-0.39, 0.29) is 11.7 Å². The Kier molecular flexibility index (Phi) is 6.49. The second kappa shape index (κ2) is 9.66. The fourth-order valence-corrected chi connectivity index (χ4v) is 3.64. The molecular weight excluding hydrogens is 432 g/mol. The molecule has 0 spiro atoms. The van der Waals surface area contributed by atoms with Crippen molar-refractivity contribution in [3.8, 4) is 11.3 Å². The number of rotatable bonds is 7. The second-order valence-corrected chi connectivity index (χ2v) is 7.81. The van der Waals surface area contributed by atoms with Crippen LogP contribution in [0, 0.1) is 6.92 Å². The first-order valence-corrected chi connectivity index (χ1v) is 10.9. The van der Waals surface area contributed by atoms with Crippen molar-refractivity contribution < 1.29 is 19.1 Å². The lowest BCUT2D eigenvalue weighted by atomic mass is 10.1. The molecule has 0 saturated heterocycles. The van der Waals surface area contributed by atoms with Gasteiger partial charge in [0, 0.05) is 30.3 Å². The summed E-state index contributed by atoms with van der Waals surface area (Å²) in [6.45, 7) is 3.14. The zero-order chi connectivity index (χ0) is 24.2. The number of carbonyl (C=O) groups is 3. The van der Waals surface area contributed by atoms with Gasteiger partial charge in [0.25, 0.3) is 0 Å². The number of ketones is 1. The van der Waals surface area contributed by atoms with Gasteiger partial charge in [-0.05, 0) is 37.3 Å². The topological polar surface area (TPSA) is 103 Å². The van der Waals surface area contributed by atoms with Gasteiger partial charge in [-0.2, -0.15) is 5.10 Å². The van der Waals surface area contributed by atoms with Gasteiger partial charge in [0.05, 0.1) is 22.3 Å². The molecule has 0 atom stereocenters. The SMILES string of the molecule is CCC(=O)Nc1ccc(C(=O)COC(=O)c2cc(-c3ccccc3)nc3c2c(C)nn3C)cc1. The van der Waals surface area contributed by atoms with Crippen LogP contribution in [0.25, 0.3) is 22.3 Å². The standard InChI is InChI=1S/C26H24N4O4/c1-4-23(32)27-19-12-10-18(11-13-19)22(31)15-34-26(33)20-14-21(17-8-6-5-7-9-17)28-25-24(20)16(2)29-30(25)3/h5-14H,4,15H2,1-3H3,(H,27,32). The fraction of sp³-hybridized carbons (Fsp3) is 0.192. The van der Waals surface area contributed by atoms with Gasteiger partial charge in [-0.15, -0.1) is 0 Å². The van der Waals surface area contributed by atoms with Crippen molar-refractivity contribution in [2.75, 3.05) is 11.9 Å². The summed E-state index contributed by atoms with van der Waals surface area (Å²) < 4.78 is 7.02. The highest BCUT2D eigenvalue weighted by Crippen LogP contribution is 2.27. The van der Waals surface area contributed by atoms with Gasteiger partial charge in [-0.25, -0.2) is 9.78 Å². The monoisotopic (exact) mass is 456 g/mol. The molecule has 8 nitrogen and oxygen atoms in total. The Morgan fingerprint density at radius 2 is 1.74 bits per heavy atom. The molecule has 4 rings (SSSR count). The van der Waals surface area contributed by atoms with Crippen LogP contribution in [0.2, 0.25) is 0 Å². The van der Waals surface area contributed by atoms with Crippen LogP contribution in [0.15, 0.2) is 60.7 Å². The summed E-state index contributed by atoms with van der Waals surface area (Å²) in [6, 6.07) is 17.6. The Hall–Kier alpha value is -4.33. The normalized spacial score (nSPS) is 10.8. The van der Waals surface area contributed by atoms with Gasteiger partial charge in [0.1, 0.15) is 0 Å². The van der Waals surface area contributed by atoms with Crippen molar-refractivity contribution in [2.45, 2.75) is 20.3 Å². The van der Waals surface area contributed by atoms with Gasteiger partial charge >= 0.3 is 5.97 Å². The Morgan fingerprint density at radius 1 is 1.03 bits per heavy atom. The van der Waals surface area contributed by atoms with Gasteiger partial charge < -0.3 is 10.1 Å². The van der Waals surface area contributed by atoms with Gasteiger partial charge in [0.15, 0.2) is 18.0 Å². The van der Waals surface area contributed by atoms with Crippen molar-refractivity contribution in [1.82, 2.24) is 14.8 Å². The van der Waals surface area contributed by atoms with Crippen LogP contribution in [0.5, 0.6) is 0 Å². The molecule has 0 aliphatic rings. The van der Waals surface area contributed by atoms with Crippen LogP contribution >= 0.6 is 0 Å². The summed E-state index contributed by atoms with van der Waals surface area (Å²) in [4.78, 5) is 41.8. The van der Waals surface area contributed by atoms with E-state index in [4.69, 9.17) is 4.74 Å². The van der Waals surface area contributed by atoms with Crippen LogP contribution in [0.4, 0.5) is 5.69 Å². The number of carbonyl (C=O) groups excluding carboxylic acids is 3. The number of aromatic nitrogens is 3. The number of pyridine rings is 1. The Bertz CT molecular complexity index is 1380. The Balaban J connectivity index is 1.56. The fourth-order valence-electron chi connectivity index (χ4n) is 3.64. The van der Waals surface area contributed by atoms with E-state index in [1.54, 1.807) is 55.9 Å². The first kappa shape index (κ1) is 22.8. The molecule has 8 heteroatoms. The van der Waals surface area contributed by atoms with Gasteiger partial charge in [-0.3, -0.25) is 14.3 Å². The number of anilines is 1. The van der Waals surface area contributed by atoms with E-state index in [2.05, 4.69) is 15.4 Å². The molecule has 2 aromatic heterocycles. The molecule has 0 saturated carbocycles. The van der Waals surface area contributed by atoms with Gasteiger partial charge in [-0.1, -0.05) is 37.3 Å². The van der Waals surface area contributed by atoms with Crippen LogP contribution in [0.3, 0.4) is 0 Å². The van der Waals surface area contributed by atoms with Crippen molar-refractivity contribution in [2.24, 2.45) is 7.05 Å². The number of aryl methyl sites for hydroxylation is 2. The molecule has 2 heterocycles. The van der Waals surface area contributed by atoms with Crippen LogP contribution in [-0.2, 0) is 16.6 Å². The predicted molar refractivity (Wildman–Crippen MR) is 129 cm³/mol. The average Bonchev–Trinajstić information content (AvgIpc) is 3.15. The van der Waals surface area contributed by atoms with E-state index in [1.165, 1.54) is 0 Å². The lowest BCUT2D eigenvalue weighted by Crippen LogP contribution is -2.15. The third-order valence-electron chi connectivity index (χ3n) is 5.40. The first-order chi connectivity index (χ1) is 16.4. The van der Waals surface area contributed by atoms with Gasteiger partial charge in [0.2, 0.25) is 5.91 Å².